The highest BCUT2D eigenvalue weighted by molar-refractivity contribution is 5.83. The summed E-state index contributed by atoms with van der Waals surface area (Å²) in [6.45, 7) is 12.6. The molecule has 7 rings (SSSR count). The van der Waals surface area contributed by atoms with Crippen LogP contribution in [0, 0.1) is 34.0 Å². The van der Waals surface area contributed by atoms with Gasteiger partial charge in [-0.05, 0) is 37.7 Å². The van der Waals surface area contributed by atoms with Crippen molar-refractivity contribution in [3.05, 3.63) is 24.2 Å². The summed E-state index contributed by atoms with van der Waals surface area (Å²) in [4.78, 5) is 53.2. The number of hydrogen-bond donors (Lipinski definition) is 1. The van der Waals surface area contributed by atoms with Gasteiger partial charge in [-0.25, -0.2) is 9.59 Å². The normalized spacial score (nSPS) is 48.4. The van der Waals surface area contributed by atoms with E-state index in [0.29, 0.717) is 18.4 Å². The van der Waals surface area contributed by atoms with Crippen LogP contribution < -0.4 is 0 Å². The zero-order valence-corrected chi connectivity index (χ0v) is 26.7. The molecule has 1 spiro atoms. The second-order valence-electron chi connectivity index (χ2n) is 15.2. The van der Waals surface area contributed by atoms with Crippen LogP contribution in [0.3, 0.4) is 0 Å². The molecule has 12 nitrogen and oxygen atoms in total. The maximum absolute atomic E-state index is 13.7. The number of carbonyl (C=O) groups excluding carboxylic acids is 4. The van der Waals surface area contributed by atoms with E-state index >= 15 is 0 Å². The van der Waals surface area contributed by atoms with Crippen LogP contribution in [0.1, 0.15) is 79.4 Å². The van der Waals surface area contributed by atoms with Gasteiger partial charge in [0.15, 0.2) is 12.2 Å². The average molecular weight is 631 g/mol. The average Bonchev–Trinajstić information content (AvgIpc) is 3.38. The summed E-state index contributed by atoms with van der Waals surface area (Å²) in [6.07, 6.45) is -1.88. The van der Waals surface area contributed by atoms with Gasteiger partial charge in [0.2, 0.25) is 0 Å². The second-order valence-corrected chi connectivity index (χ2v) is 15.2. The number of furan rings is 1. The number of ether oxygens (including phenoxy) is 6. The van der Waals surface area contributed by atoms with Crippen molar-refractivity contribution in [2.24, 2.45) is 34.0 Å². The molecule has 2 aliphatic carbocycles. The highest BCUT2D eigenvalue weighted by Gasteiger charge is 2.91. The summed E-state index contributed by atoms with van der Waals surface area (Å²) in [5, 5.41) is 10.8. The minimum absolute atomic E-state index is 0.0221. The Kier molecular flexibility index (Phi) is 6.51. The lowest BCUT2D eigenvalue weighted by Crippen LogP contribution is -2.77. The molecule has 246 valence electrons. The minimum Gasteiger partial charge on any atom is -0.472 e. The first-order chi connectivity index (χ1) is 21.1. The molecule has 6 aliphatic rings. The van der Waals surface area contributed by atoms with E-state index in [2.05, 4.69) is 0 Å². The third-order valence-electron chi connectivity index (χ3n) is 12.5. The molecular weight excluding hydrogens is 588 g/mol. The fourth-order valence-corrected chi connectivity index (χ4v) is 10.7. The fraction of sp³-hybridized carbons (Fsp3) is 0.758. The zero-order valence-electron chi connectivity index (χ0n) is 26.7. The van der Waals surface area contributed by atoms with Crippen LogP contribution in [0.15, 0.2) is 23.0 Å². The van der Waals surface area contributed by atoms with Crippen LogP contribution in [0.25, 0.3) is 0 Å². The van der Waals surface area contributed by atoms with E-state index in [0.717, 1.165) is 0 Å². The minimum atomic E-state index is -1.41. The number of carbonyl (C=O) groups is 4. The smallest absolute Gasteiger partial charge is 0.339 e. The molecule has 1 unspecified atom stereocenters. The molecule has 0 bridgehead atoms. The van der Waals surface area contributed by atoms with Crippen LogP contribution in [0.4, 0.5) is 0 Å². The van der Waals surface area contributed by atoms with Gasteiger partial charge in [-0.2, -0.15) is 0 Å². The van der Waals surface area contributed by atoms with Crippen molar-refractivity contribution in [3.8, 4) is 0 Å². The third-order valence-corrected chi connectivity index (χ3v) is 12.5. The van der Waals surface area contributed by atoms with Gasteiger partial charge in [-0.1, -0.05) is 34.6 Å². The molecule has 4 aliphatic heterocycles. The van der Waals surface area contributed by atoms with Gasteiger partial charge in [0.1, 0.15) is 35.6 Å². The lowest BCUT2D eigenvalue weighted by atomic mass is 9.36. The standard InChI is InChI=1S/C33H42O12/c1-15(2)21(36)27(37)43-25-22-23-30(5,14-40-22)44-20(35)12-19(41-16(3)34)31(23,6)18-8-10-29(4)24(17-9-11-39-13-17)42-28(38)26-33(29,45-26)32(18,25)7/h9,11,13,15,18-19,21-26,36H,8,10,12,14H2,1-7H3/t18-,19+,21?,22-,23+,24+,25-,26-,29+,30+,31+,32+,33-/m1/s1. The van der Waals surface area contributed by atoms with Gasteiger partial charge in [-0.3, -0.25) is 9.59 Å². The molecule has 1 N–H and O–H groups in total. The Balaban J connectivity index is 1.46. The zero-order chi connectivity index (χ0) is 32.5. The van der Waals surface area contributed by atoms with Crippen LogP contribution in [0.2, 0.25) is 0 Å². The molecule has 0 aromatic carbocycles. The van der Waals surface area contributed by atoms with Crippen molar-refractivity contribution >= 4 is 23.9 Å². The first kappa shape index (κ1) is 30.7. The number of aliphatic hydroxyl groups is 1. The number of rotatable bonds is 5. The number of esters is 4. The monoisotopic (exact) mass is 630 g/mol. The van der Waals surface area contributed by atoms with E-state index in [1.165, 1.54) is 13.2 Å². The number of aliphatic hydroxyl groups excluding tert-OH is 1. The van der Waals surface area contributed by atoms with Crippen LogP contribution in [-0.4, -0.2) is 77.3 Å². The highest BCUT2D eigenvalue weighted by atomic mass is 16.7. The van der Waals surface area contributed by atoms with Gasteiger partial charge in [-0.15, -0.1) is 0 Å². The Hall–Kier alpha value is -2.96. The Bertz CT molecular complexity index is 1440. The van der Waals surface area contributed by atoms with E-state index in [-0.39, 0.29) is 13.0 Å². The Morgan fingerprint density at radius 3 is 2.47 bits per heavy atom. The van der Waals surface area contributed by atoms with E-state index in [9.17, 15) is 24.3 Å². The predicted octanol–water partition coefficient (Wildman–Crippen LogP) is 3.04. The molecule has 0 amide bonds. The van der Waals surface area contributed by atoms with Crippen molar-refractivity contribution in [1.82, 2.24) is 0 Å². The lowest BCUT2D eigenvalue weighted by molar-refractivity contribution is -0.292. The van der Waals surface area contributed by atoms with Gasteiger partial charge in [0.05, 0.1) is 25.6 Å². The summed E-state index contributed by atoms with van der Waals surface area (Å²) < 4.78 is 43.0. The van der Waals surface area contributed by atoms with Gasteiger partial charge < -0.3 is 37.9 Å². The summed E-state index contributed by atoms with van der Waals surface area (Å²) in [5.41, 5.74) is -4.54. The number of epoxide rings is 1. The molecule has 45 heavy (non-hydrogen) atoms. The molecule has 6 fully saturated rings. The summed E-state index contributed by atoms with van der Waals surface area (Å²) in [7, 11) is 0. The Labute approximate surface area is 261 Å². The summed E-state index contributed by atoms with van der Waals surface area (Å²) in [6, 6.07) is 1.76. The molecule has 13 atom stereocenters. The lowest BCUT2D eigenvalue weighted by Gasteiger charge is -2.68. The molecule has 1 aromatic heterocycles. The molecule has 1 aromatic rings. The largest absolute Gasteiger partial charge is 0.472 e. The number of hydrogen-bond acceptors (Lipinski definition) is 12. The van der Waals surface area contributed by atoms with Crippen molar-refractivity contribution in [2.45, 2.75) is 116 Å². The van der Waals surface area contributed by atoms with E-state index in [4.69, 9.17) is 32.8 Å². The van der Waals surface area contributed by atoms with Gasteiger partial charge in [0.25, 0.3) is 0 Å². The molecule has 0 radical (unpaired) electrons. The molecule has 4 saturated heterocycles. The van der Waals surface area contributed by atoms with E-state index in [1.807, 2.05) is 27.7 Å². The maximum atomic E-state index is 13.7. The summed E-state index contributed by atoms with van der Waals surface area (Å²) >= 11 is 0. The third kappa shape index (κ3) is 3.70. The second kappa shape index (κ2) is 9.54. The van der Waals surface area contributed by atoms with Gasteiger partial charge >= 0.3 is 23.9 Å². The predicted molar refractivity (Wildman–Crippen MR) is 151 cm³/mol. The first-order valence-corrected chi connectivity index (χ1v) is 15.9. The van der Waals surface area contributed by atoms with Crippen LogP contribution >= 0.6 is 0 Å². The van der Waals surface area contributed by atoms with Crippen molar-refractivity contribution < 1.29 is 57.1 Å². The highest BCUT2D eigenvalue weighted by Crippen LogP contribution is 2.80. The van der Waals surface area contributed by atoms with Crippen molar-refractivity contribution in [3.63, 3.8) is 0 Å². The fourth-order valence-electron chi connectivity index (χ4n) is 10.7. The van der Waals surface area contributed by atoms with E-state index < -0.39 is 106 Å². The van der Waals surface area contributed by atoms with Crippen LogP contribution in [0.5, 0.6) is 0 Å². The Morgan fingerprint density at radius 1 is 1.09 bits per heavy atom. The Morgan fingerprint density at radius 2 is 1.82 bits per heavy atom. The molecule has 2 saturated carbocycles. The molecule has 12 heteroatoms. The van der Waals surface area contributed by atoms with Crippen molar-refractivity contribution in [2.75, 3.05) is 6.61 Å². The number of cyclic esters (lactones) is 1. The topological polar surface area (TPSA) is 160 Å². The number of fused-ring (bicyclic) bond motifs is 2. The van der Waals surface area contributed by atoms with Crippen LogP contribution in [-0.2, 0) is 47.6 Å². The maximum Gasteiger partial charge on any atom is 0.339 e. The first-order valence-electron chi connectivity index (χ1n) is 15.9. The molecular formula is C33H42O12. The van der Waals surface area contributed by atoms with E-state index in [1.54, 1.807) is 26.2 Å². The summed E-state index contributed by atoms with van der Waals surface area (Å²) in [5.74, 6) is -3.82. The van der Waals surface area contributed by atoms with Crippen molar-refractivity contribution in [1.29, 1.82) is 0 Å². The quantitative estimate of drug-likeness (QED) is 0.288. The molecule has 5 heterocycles. The van der Waals surface area contributed by atoms with Gasteiger partial charge in [0, 0.05) is 34.7 Å². The SMILES string of the molecule is CC(=O)O[C@H]1CC(=O)O[C@@]2(C)CO[C@H]3[C@@H](OC(=O)C(O)C(C)C)[C@]4(C)[C@H](CC[C@@]5(C)[C@H](c6ccoc6)OC(=O)[C@H]6O[C@@]645)[C@]1(C)[C@@H]32.